The summed E-state index contributed by atoms with van der Waals surface area (Å²) in [6.45, 7) is 1.79. The van der Waals surface area contributed by atoms with Gasteiger partial charge in [-0.2, -0.15) is 13.2 Å². The molecule has 0 bridgehead atoms. The SMILES string of the molecule is Cc1ccc(C(=O)Nc2ncc(Cc3cccc(C(F)(F)F)c3)s2)cc1NC(=O)c1ccco1. The molecule has 174 valence electrons. The van der Waals surface area contributed by atoms with E-state index in [4.69, 9.17) is 4.42 Å². The number of benzene rings is 2. The summed E-state index contributed by atoms with van der Waals surface area (Å²) in [7, 11) is 0. The minimum absolute atomic E-state index is 0.144. The first kappa shape index (κ1) is 23.2. The highest BCUT2D eigenvalue weighted by atomic mass is 32.1. The molecule has 0 aliphatic heterocycles. The van der Waals surface area contributed by atoms with Crippen LogP contribution >= 0.6 is 11.3 Å². The quantitative estimate of drug-likeness (QED) is 0.343. The van der Waals surface area contributed by atoms with Gasteiger partial charge in [-0.25, -0.2) is 4.98 Å². The lowest BCUT2D eigenvalue weighted by molar-refractivity contribution is -0.137. The molecular formula is C24H18F3N3O3S. The molecule has 10 heteroatoms. The van der Waals surface area contributed by atoms with Gasteiger partial charge >= 0.3 is 6.18 Å². The number of anilines is 2. The lowest BCUT2D eigenvalue weighted by Gasteiger charge is -2.09. The van der Waals surface area contributed by atoms with E-state index in [1.807, 2.05) is 0 Å². The van der Waals surface area contributed by atoms with Gasteiger partial charge in [-0.15, -0.1) is 11.3 Å². The van der Waals surface area contributed by atoms with Crippen LogP contribution in [0.5, 0.6) is 0 Å². The number of aromatic nitrogens is 1. The van der Waals surface area contributed by atoms with Crippen LogP contribution in [0.25, 0.3) is 0 Å². The van der Waals surface area contributed by atoms with E-state index in [2.05, 4.69) is 15.6 Å². The number of aryl methyl sites for hydroxylation is 1. The highest BCUT2D eigenvalue weighted by Crippen LogP contribution is 2.30. The summed E-state index contributed by atoms with van der Waals surface area (Å²) in [5.74, 6) is -0.733. The molecule has 0 spiro atoms. The fourth-order valence-corrected chi connectivity index (χ4v) is 4.01. The third-order valence-corrected chi connectivity index (χ3v) is 5.81. The van der Waals surface area contributed by atoms with Gasteiger partial charge in [-0.1, -0.05) is 24.3 Å². The average molecular weight is 485 g/mol. The Morgan fingerprint density at radius 3 is 2.59 bits per heavy atom. The summed E-state index contributed by atoms with van der Waals surface area (Å²) in [5.41, 5.74) is 1.30. The Morgan fingerprint density at radius 2 is 1.85 bits per heavy atom. The van der Waals surface area contributed by atoms with Gasteiger partial charge in [0.2, 0.25) is 0 Å². The van der Waals surface area contributed by atoms with Crippen molar-refractivity contribution in [3.05, 3.63) is 99.9 Å². The number of hydrogen-bond acceptors (Lipinski definition) is 5. The van der Waals surface area contributed by atoms with Gasteiger partial charge < -0.3 is 9.73 Å². The molecule has 0 unspecified atom stereocenters. The first-order chi connectivity index (χ1) is 16.2. The minimum Gasteiger partial charge on any atom is -0.459 e. The van der Waals surface area contributed by atoms with Gasteiger partial charge in [-0.3, -0.25) is 14.9 Å². The molecule has 4 aromatic rings. The minimum atomic E-state index is -4.41. The second-order valence-corrected chi connectivity index (χ2v) is 8.54. The normalized spacial score (nSPS) is 11.3. The Morgan fingerprint density at radius 1 is 1.03 bits per heavy atom. The maximum absolute atomic E-state index is 12.9. The van der Waals surface area contributed by atoms with E-state index in [-0.39, 0.29) is 12.2 Å². The summed E-state index contributed by atoms with van der Waals surface area (Å²) in [6, 6.07) is 13.1. The first-order valence-electron chi connectivity index (χ1n) is 10.1. The second-order valence-electron chi connectivity index (χ2n) is 7.42. The van der Waals surface area contributed by atoms with Crippen molar-refractivity contribution in [2.45, 2.75) is 19.5 Å². The fourth-order valence-electron chi connectivity index (χ4n) is 3.16. The third kappa shape index (κ3) is 5.52. The fraction of sp³-hybridized carbons (Fsp3) is 0.125. The van der Waals surface area contributed by atoms with Crippen LogP contribution in [0.15, 0.2) is 71.5 Å². The van der Waals surface area contributed by atoms with Crippen LogP contribution in [0.2, 0.25) is 0 Å². The molecule has 4 rings (SSSR count). The molecule has 0 saturated heterocycles. The van der Waals surface area contributed by atoms with Crippen molar-refractivity contribution in [2.75, 3.05) is 10.6 Å². The third-order valence-electron chi connectivity index (χ3n) is 4.90. The van der Waals surface area contributed by atoms with Crippen LogP contribution in [0, 0.1) is 6.92 Å². The van der Waals surface area contributed by atoms with Crippen LogP contribution in [0.3, 0.4) is 0 Å². The summed E-state index contributed by atoms with van der Waals surface area (Å²) in [4.78, 5) is 29.8. The van der Waals surface area contributed by atoms with Crippen LogP contribution in [0.1, 0.15) is 42.5 Å². The molecule has 2 amide bonds. The topological polar surface area (TPSA) is 84.2 Å². The van der Waals surface area contributed by atoms with Crippen molar-refractivity contribution in [1.29, 1.82) is 0 Å². The van der Waals surface area contributed by atoms with E-state index in [1.54, 1.807) is 37.3 Å². The predicted octanol–water partition coefficient (Wildman–Crippen LogP) is 6.16. The molecule has 0 radical (unpaired) electrons. The van der Waals surface area contributed by atoms with Gasteiger partial charge in [-0.05, 0) is 48.4 Å². The number of rotatable bonds is 6. The van der Waals surface area contributed by atoms with E-state index in [0.29, 0.717) is 26.8 Å². The molecule has 2 aromatic heterocycles. The molecular weight excluding hydrogens is 467 g/mol. The predicted molar refractivity (Wildman–Crippen MR) is 122 cm³/mol. The largest absolute Gasteiger partial charge is 0.459 e. The van der Waals surface area contributed by atoms with Crippen molar-refractivity contribution in [1.82, 2.24) is 4.98 Å². The van der Waals surface area contributed by atoms with Crippen LogP contribution in [-0.2, 0) is 12.6 Å². The standard InChI is InChI=1S/C24H18F3N3O3S/c1-14-7-8-16(12-19(14)29-22(32)20-6-3-9-33-20)21(31)30-23-28-13-18(34-23)11-15-4-2-5-17(10-15)24(25,26)27/h2-10,12-13H,11H2,1H3,(H,29,32)(H,28,30,31). The monoisotopic (exact) mass is 485 g/mol. The van der Waals surface area contributed by atoms with Crippen molar-refractivity contribution >= 4 is 34.0 Å². The number of amides is 2. The molecule has 34 heavy (non-hydrogen) atoms. The summed E-state index contributed by atoms with van der Waals surface area (Å²) < 4.78 is 43.9. The maximum atomic E-state index is 12.9. The number of halogens is 3. The summed E-state index contributed by atoms with van der Waals surface area (Å²) >= 11 is 1.17. The van der Waals surface area contributed by atoms with Gasteiger partial charge in [0.1, 0.15) is 0 Å². The highest BCUT2D eigenvalue weighted by Gasteiger charge is 2.30. The van der Waals surface area contributed by atoms with Crippen molar-refractivity contribution in [3.63, 3.8) is 0 Å². The number of alkyl halides is 3. The number of thiazole rings is 1. The Balaban J connectivity index is 1.43. The highest BCUT2D eigenvalue weighted by molar-refractivity contribution is 7.15. The Labute approximate surface area is 196 Å². The summed E-state index contributed by atoms with van der Waals surface area (Å²) in [6.07, 6.45) is -1.25. The number of hydrogen-bond donors (Lipinski definition) is 2. The van der Waals surface area contributed by atoms with Crippen LogP contribution in [0.4, 0.5) is 24.0 Å². The molecule has 2 N–H and O–H groups in total. The number of carbonyl (C=O) groups excluding carboxylic acids is 2. The Bertz CT molecular complexity index is 1330. The average Bonchev–Trinajstić information content (AvgIpc) is 3.47. The van der Waals surface area contributed by atoms with Crippen LogP contribution in [-0.4, -0.2) is 16.8 Å². The van der Waals surface area contributed by atoms with Crippen molar-refractivity contribution < 1.29 is 27.2 Å². The number of nitrogens with zero attached hydrogens (tertiary/aromatic N) is 1. The molecule has 0 fully saturated rings. The van der Waals surface area contributed by atoms with Gasteiger partial charge in [0.25, 0.3) is 11.8 Å². The second kappa shape index (κ2) is 9.52. The lowest BCUT2D eigenvalue weighted by atomic mass is 10.1. The lowest BCUT2D eigenvalue weighted by Crippen LogP contribution is -2.15. The van der Waals surface area contributed by atoms with Crippen LogP contribution < -0.4 is 10.6 Å². The van der Waals surface area contributed by atoms with E-state index >= 15 is 0 Å². The summed E-state index contributed by atoms with van der Waals surface area (Å²) in [5, 5.41) is 5.71. The van der Waals surface area contributed by atoms with Gasteiger partial charge in [0, 0.05) is 28.7 Å². The molecule has 2 aromatic carbocycles. The van der Waals surface area contributed by atoms with Crippen molar-refractivity contribution in [2.24, 2.45) is 0 Å². The molecule has 0 aliphatic carbocycles. The zero-order valence-electron chi connectivity index (χ0n) is 17.8. The Hall–Kier alpha value is -3.92. The van der Waals surface area contributed by atoms with Gasteiger partial charge in [0.15, 0.2) is 10.9 Å². The van der Waals surface area contributed by atoms with E-state index in [0.717, 1.165) is 17.7 Å². The zero-order valence-corrected chi connectivity index (χ0v) is 18.6. The van der Waals surface area contributed by atoms with E-state index in [1.165, 1.54) is 35.9 Å². The number of nitrogens with one attached hydrogen (secondary N) is 2. The number of carbonyl (C=O) groups is 2. The number of furan rings is 1. The van der Waals surface area contributed by atoms with Crippen molar-refractivity contribution in [3.8, 4) is 0 Å². The maximum Gasteiger partial charge on any atom is 0.416 e. The molecule has 0 aliphatic rings. The van der Waals surface area contributed by atoms with E-state index < -0.39 is 23.6 Å². The van der Waals surface area contributed by atoms with E-state index in [9.17, 15) is 22.8 Å². The molecule has 2 heterocycles. The molecule has 0 saturated carbocycles. The zero-order chi connectivity index (χ0) is 24.3. The van der Waals surface area contributed by atoms with Gasteiger partial charge in [0.05, 0.1) is 11.8 Å². The smallest absolute Gasteiger partial charge is 0.416 e. The first-order valence-corrected chi connectivity index (χ1v) is 10.9. The Kier molecular flexibility index (Phi) is 6.51. The molecule has 0 atom stereocenters. The molecule has 6 nitrogen and oxygen atoms in total.